The van der Waals surface area contributed by atoms with E-state index in [0.717, 1.165) is 16.8 Å². The van der Waals surface area contributed by atoms with Crippen molar-refractivity contribution in [3.8, 4) is 0 Å². The molecule has 4 atom stereocenters. The van der Waals surface area contributed by atoms with Crippen molar-refractivity contribution in [3.63, 3.8) is 0 Å². The average molecular weight is 300 g/mol. The van der Waals surface area contributed by atoms with Gasteiger partial charge in [-0.1, -0.05) is 0 Å². The molecule has 116 valence electrons. The van der Waals surface area contributed by atoms with E-state index in [2.05, 4.69) is 10.6 Å². The van der Waals surface area contributed by atoms with Crippen molar-refractivity contribution in [2.75, 3.05) is 13.6 Å². The summed E-state index contributed by atoms with van der Waals surface area (Å²) < 4.78 is 6.35. The maximum Gasteiger partial charge on any atom is 0.330 e. The Hall–Kier alpha value is -2.17. The highest BCUT2D eigenvalue weighted by atomic mass is 16.6. The molecule has 1 aromatic heterocycles. The second kappa shape index (κ2) is 6.08. The van der Waals surface area contributed by atoms with E-state index in [1.807, 2.05) is 4.98 Å². The van der Waals surface area contributed by atoms with Gasteiger partial charge in [-0.3, -0.25) is 14.3 Å². The fraction of sp³-hybridized carbons (Fsp3) is 0.545. The van der Waals surface area contributed by atoms with Gasteiger partial charge in [0.05, 0.1) is 0 Å². The number of rotatable bonds is 3. The van der Waals surface area contributed by atoms with E-state index in [1.165, 1.54) is 7.05 Å². The topological polar surface area (TPSA) is 146 Å². The minimum atomic E-state index is -1.37. The van der Waals surface area contributed by atoms with Crippen LogP contribution in [0.15, 0.2) is 21.9 Å². The Bertz CT molecular complexity index is 626. The Morgan fingerprint density at radius 2 is 2.14 bits per heavy atom. The number of carbonyl (C=O) groups is 1. The Morgan fingerprint density at radius 3 is 2.76 bits per heavy atom. The van der Waals surface area contributed by atoms with Crippen LogP contribution in [0.25, 0.3) is 0 Å². The van der Waals surface area contributed by atoms with E-state index in [1.54, 1.807) is 0 Å². The summed E-state index contributed by atoms with van der Waals surface area (Å²) in [7, 11) is 1.43. The van der Waals surface area contributed by atoms with Crippen molar-refractivity contribution in [2.45, 2.75) is 24.5 Å². The molecule has 10 heteroatoms. The molecule has 10 nitrogen and oxygen atoms in total. The quantitative estimate of drug-likeness (QED) is 0.404. The van der Waals surface area contributed by atoms with Gasteiger partial charge < -0.3 is 25.6 Å². The summed E-state index contributed by atoms with van der Waals surface area (Å²) in [5.74, 6) is 0. The lowest BCUT2D eigenvalue weighted by molar-refractivity contribution is -0.0385. The number of hydrogen-bond acceptors (Lipinski definition) is 6. The number of nitrogens with zero attached hydrogens (tertiary/aromatic N) is 1. The first-order valence-corrected chi connectivity index (χ1v) is 6.22. The molecule has 0 aliphatic carbocycles. The molecule has 1 aliphatic rings. The number of aliphatic hydroxyl groups is 2. The number of urea groups is 1. The molecule has 1 aliphatic heterocycles. The lowest BCUT2D eigenvalue weighted by Crippen LogP contribution is -2.42. The maximum absolute atomic E-state index is 11.7. The zero-order valence-corrected chi connectivity index (χ0v) is 11.1. The molecular formula is C11H16N4O6. The van der Waals surface area contributed by atoms with Crippen LogP contribution in [-0.2, 0) is 4.74 Å². The van der Waals surface area contributed by atoms with Crippen LogP contribution in [0.1, 0.15) is 6.23 Å². The van der Waals surface area contributed by atoms with Gasteiger partial charge >= 0.3 is 11.7 Å². The Balaban J connectivity index is 2.14. The van der Waals surface area contributed by atoms with Crippen LogP contribution in [0.5, 0.6) is 0 Å². The molecule has 0 aromatic carbocycles. The molecular weight excluding hydrogens is 284 g/mol. The molecule has 21 heavy (non-hydrogen) atoms. The number of ether oxygens (including phenoxy) is 1. The Morgan fingerprint density at radius 1 is 1.43 bits per heavy atom. The monoisotopic (exact) mass is 300 g/mol. The van der Waals surface area contributed by atoms with Gasteiger partial charge in [0.1, 0.15) is 18.3 Å². The summed E-state index contributed by atoms with van der Waals surface area (Å²) in [6.07, 6.45) is -3.53. The van der Waals surface area contributed by atoms with Gasteiger partial charge in [0, 0.05) is 25.9 Å². The van der Waals surface area contributed by atoms with E-state index in [-0.39, 0.29) is 6.54 Å². The van der Waals surface area contributed by atoms with E-state index < -0.39 is 41.8 Å². The summed E-state index contributed by atoms with van der Waals surface area (Å²) >= 11 is 0. The Labute approximate surface area is 118 Å². The lowest BCUT2D eigenvalue weighted by atomic mass is 10.1. The molecule has 1 saturated heterocycles. The normalized spacial score (nSPS) is 28.3. The molecule has 1 aromatic rings. The minimum Gasteiger partial charge on any atom is -0.387 e. The van der Waals surface area contributed by atoms with Gasteiger partial charge in [0.25, 0.3) is 5.56 Å². The predicted molar refractivity (Wildman–Crippen MR) is 69.7 cm³/mol. The molecule has 1 fully saturated rings. The molecule has 0 spiro atoms. The van der Waals surface area contributed by atoms with Crippen LogP contribution in [0.2, 0.25) is 0 Å². The summed E-state index contributed by atoms with van der Waals surface area (Å²) in [5.41, 5.74) is -1.35. The third-order valence-electron chi connectivity index (χ3n) is 3.15. The fourth-order valence-electron chi connectivity index (χ4n) is 2.04. The SMILES string of the molecule is CNC(=O)NC[C@H]1O[C@@H](n2ccc(=O)[nH]c2=O)[C@@H](O)[C@H]1O. The third-order valence-corrected chi connectivity index (χ3v) is 3.15. The van der Waals surface area contributed by atoms with Gasteiger partial charge in [0.15, 0.2) is 6.23 Å². The van der Waals surface area contributed by atoms with Crippen molar-refractivity contribution >= 4 is 6.03 Å². The number of hydrogen-bond donors (Lipinski definition) is 5. The van der Waals surface area contributed by atoms with E-state index in [0.29, 0.717) is 0 Å². The van der Waals surface area contributed by atoms with Gasteiger partial charge in [-0.25, -0.2) is 9.59 Å². The van der Waals surface area contributed by atoms with E-state index in [9.17, 15) is 24.6 Å². The van der Waals surface area contributed by atoms with Crippen LogP contribution in [0, 0.1) is 0 Å². The first-order chi connectivity index (χ1) is 9.93. The van der Waals surface area contributed by atoms with Crippen molar-refractivity contribution in [3.05, 3.63) is 33.1 Å². The van der Waals surface area contributed by atoms with Crippen molar-refractivity contribution in [2.24, 2.45) is 0 Å². The largest absolute Gasteiger partial charge is 0.387 e. The number of H-pyrrole nitrogens is 1. The maximum atomic E-state index is 11.7. The van der Waals surface area contributed by atoms with Crippen molar-refractivity contribution < 1.29 is 19.7 Å². The van der Waals surface area contributed by atoms with Gasteiger partial charge in [-0.05, 0) is 0 Å². The van der Waals surface area contributed by atoms with E-state index >= 15 is 0 Å². The smallest absolute Gasteiger partial charge is 0.330 e. The second-order valence-electron chi connectivity index (χ2n) is 4.52. The number of carbonyl (C=O) groups excluding carboxylic acids is 1. The van der Waals surface area contributed by atoms with Crippen LogP contribution in [0.3, 0.4) is 0 Å². The number of aromatic nitrogens is 2. The fourth-order valence-corrected chi connectivity index (χ4v) is 2.04. The molecule has 0 unspecified atom stereocenters. The summed E-state index contributed by atoms with van der Waals surface area (Å²) in [6, 6.07) is 0.630. The predicted octanol–water partition coefficient (Wildman–Crippen LogP) is -2.92. The first-order valence-electron chi connectivity index (χ1n) is 6.22. The molecule has 0 saturated carbocycles. The first kappa shape index (κ1) is 15.2. The number of aromatic amines is 1. The van der Waals surface area contributed by atoms with Crippen LogP contribution in [0.4, 0.5) is 4.79 Å². The summed E-state index contributed by atoms with van der Waals surface area (Å²) in [4.78, 5) is 35.8. The van der Waals surface area contributed by atoms with Gasteiger partial charge in [-0.2, -0.15) is 0 Å². The zero-order valence-electron chi connectivity index (χ0n) is 11.1. The average Bonchev–Trinajstić information content (AvgIpc) is 2.73. The second-order valence-corrected chi connectivity index (χ2v) is 4.52. The molecule has 0 radical (unpaired) electrons. The third kappa shape index (κ3) is 3.12. The van der Waals surface area contributed by atoms with Gasteiger partial charge in [0.2, 0.25) is 0 Å². The molecule has 0 bridgehead atoms. The highest BCUT2D eigenvalue weighted by Crippen LogP contribution is 2.27. The number of aliphatic hydroxyl groups excluding tert-OH is 2. The molecule has 2 rings (SSSR count). The molecule has 5 N–H and O–H groups in total. The van der Waals surface area contributed by atoms with Crippen LogP contribution >= 0.6 is 0 Å². The number of amides is 2. The summed E-state index contributed by atoms with van der Waals surface area (Å²) in [6.45, 7) is -0.0491. The summed E-state index contributed by atoms with van der Waals surface area (Å²) in [5, 5.41) is 24.6. The zero-order chi connectivity index (χ0) is 15.6. The standard InChI is InChI=1S/C11H16N4O6/c1-12-10(19)13-4-5-7(17)8(18)9(21-5)15-3-2-6(16)14-11(15)20/h2-3,5,7-9,17-18H,4H2,1H3,(H2,12,13,19)(H,14,16,20)/t5-,7+,8+,9-/m1/s1. The molecule has 2 heterocycles. The lowest BCUT2D eigenvalue weighted by Gasteiger charge is -2.16. The highest BCUT2D eigenvalue weighted by molar-refractivity contribution is 5.73. The van der Waals surface area contributed by atoms with Crippen molar-refractivity contribution in [1.29, 1.82) is 0 Å². The number of nitrogens with one attached hydrogen (secondary N) is 3. The van der Waals surface area contributed by atoms with Crippen molar-refractivity contribution in [1.82, 2.24) is 20.2 Å². The minimum absolute atomic E-state index is 0.0491. The van der Waals surface area contributed by atoms with Crippen LogP contribution in [-0.4, -0.2) is 57.7 Å². The van der Waals surface area contributed by atoms with Crippen LogP contribution < -0.4 is 21.9 Å². The molecule has 2 amide bonds. The highest BCUT2D eigenvalue weighted by Gasteiger charge is 2.44. The Kier molecular flexibility index (Phi) is 4.40. The van der Waals surface area contributed by atoms with E-state index in [4.69, 9.17) is 4.74 Å². The van der Waals surface area contributed by atoms with Gasteiger partial charge in [-0.15, -0.1) is 0 Å².